The van der Waals surface area contributed by atoms with Crippen LogP contribution in [0.2, 0.25) is 0 Å². The zero-order valence-electron chi connectivity index (χ0n) is 13.8. The van der Waals surface area contributed by atoms with E-state index < -0.39 is 22.0 Å². The van der Waals surface area contributed by atoms with Crippen LogP contribution in [0.1, 0.15) is 25.1 Å². The van der Waals surface area contributed by atoms with Crippen molar-refractivity contribution in [2.45, 2.75) is 40.5 Å². The van der Waals surface area contributed by atoms with Crippen LogP contribution in [0.4, 0.5) is 13.2 Å². The van der Waals surface area contributed by atoms with Crippen LogP contribution in [0.15, 0.2) is 33.4 Å². The summed E-state index contributed by atoms with van der Waals surface area (Å²) in [4.78, 5) is 4.11. The molecule has 1 aliphatic heterocycles. The average Bonchev–Trinajstić information content (AvgIpc) is 2.97. The predicted molar refractivity (Wildman–Crippen MR) is 87.0 cm³/mol. The number of halogens is 3. The number of alkyl halides is 3. The highest BCUT2D eigenvalue weighted by Crippen LogP contribution is 2.32. The molecule has 2 aromatic rings. The van der Waals surface area contributed by atoms with Gasteiger partial charge in [0.1, 0.15) is 9.92 Å². The minimum atomic E-state index is -4.60. The molecule has 1 aliphatic rings. The van der Waals surface area contributed by atoms with Crippen molar-refractivity contribution in [3.05, 3.63) is 24.2 Å². The first-order valence-electron chi connectivity index (χ1n) is 7.80. The first-order chi connectivity index (χ1) is 12.2. The van der Waals surface area contributed by atoms with Gasteiger partial charge in [-0.2, -0.15) is 17.5 Å². The second-order valence-corrected chi connectivity index (χ2v) is 8.69. The lowest BCUT2D eigenvalue weighted by Gasteiger charge is -2.25. The molecule has 1 fully saturated rings. The van der Waals surface area contributed by atoms with E-state index in [0.29, 0.717) is 18.1 Å². The van der Waals surface area contributed by atoms with Gasteiger partial charge < -0.3 is 4.57 Å². The van der Waals surface area contributed by atoms with Gasteiger partial charge in [-0.15, -0.1) is 10.2 Å². The van der Waals surface area contributed by atoms with E-state index in [4.69, 9.17) is 0 Å². The molecule has 0 unspecified atom stereocenters. The first-order valence-corrected chi connectivity index (χ1v) is 10.1. The molecule has 12 heteroatoms. The normalized spacial score (nSPS) is 16.8. The average molecular weight is 407 g/mol. The number of nitrogens with zero attached hydrogens (tertiary/aromatic N) is 5. The topological polar surface area (TPSA) is 81.0 Å². The molecule has 7 nitrogen and oxygen atoms in total. The van der Waals surface area contributed by atoms with Gasteiger partial charge >= 0.3 is 6.18 Å². The Morgan fingerprint density at radius 1 is 1.12 bits per heavy atom. The van der Waals surface area contributed by atoms with Gasteiger partial charge in [0, 0.05) is 26.3 Å². The van der Waals surface area contributed by atoms with Crippen molar-refractivity contribution in [3.63, 3.8) is 0 Å². The molecular formula is C14H16F3N5O2S2. The highest BCUT2D eigenvalue weighted by molar-refractivity contribution is 7.99. The van der Waals surface area contributed by atoms with E-state index >= 15 is 0 Å². The molecule has 1 saturated heterocycles. The Kier molecular flexibility index (Phi) is 5.26. The number of hydrogen-bond acceptors (Lipinski definition) is 6. The molecule has 0 aromatic carbocycles. The zero-order valence-corrected chi connectivity index (χ0v) is 15.4. The Bertz CT molecular complexity index is 875. The predicted octanol–water partition coefficient (Wildman–Crippen LogP) is 2.55. The van der Waals surface area contributed by atoms with E-state index in [1.54, 1.807) is 0 Å². The molecule has 26 heavy (non-hydrogen) atoms. The van der Waals surface area contributed by atoms with E-state index in [1.165, 1.54) is 29.7 Å². The van der Waals surface area contributed by atoms with Crippen molar-refractivity contribution in [1.82, 2.24) is 24.1 Å². The quantitative estimate of drug-likeness (QED) is 0.775. The number of piperidine rings is 1. The van der Waals surface area contributed by atoms with Crippen LogP contribution in [-0.2, 0) is 23.2 Å². The molecule has 0 radical (unpaired) electrons. The molecule has 3 heterocycles. The van der Waals surface area contributed by atoms with Gasteiger partial charge in [-0.3, -0.25) is 0 Å². The standard InChI is InChI=1S/C14H16F3N5O2S2/c1-21-12(14(15,16)17)19-20-13(21)25-11-6-5-10(9-18-11)26(23,24)22-7-3-2-4-8-22/h5-6,9H,2-4,7-8H2,1H3. The fourth-order valence-electron chi connectivity index (χ4n) is 2.58. The lowest BCUT2D eigenvalue weighted by atomic mass is 10.2. The van der Waals surface area contributed by atoms with Gasteiger partial charge in [-0.05, 0) is 36.7 Å². The largest absolute Gasteiger partial charge is 0.451 e. The fraction of sp³-hybridized carbons (Fsp3) is 0.500. The van der Waals surface area contributed by atoms with E-state index in [0.717, 1.165) is 35.6 Å². The minimum absolute atomic E-state index is 0.0106. The Morgan fingerprint density at radius 3 is 2.35 bits per heavy atom. The van der Waals surface area contributed by atoms with Crippen LogP contribution >= 0.6 is 11.8 Å². The number of pyridine rings is 1. The summed E-state index contributed by atoms with van der Waals surface area (Å²) in [5.41, 5.74) is 0. The Hall–Kier alpha value is -1.66. The van der Waals surface area contributed by atoms with Gasteiger partial charge in [-0.1, -0.05) is 6.42 Å². The van der Waals surface area contributed by atoms with Gasteiger partial charge in [0.2, 0.25) is 15.8 Å². The molecular weight excluding hydrogens is 391 g/mol. The van der Waals surface area contributed by atoms with Crippen LogP contribution in [0.25, 0.3) is 0 Å². The molecule has 0 amide bonds. The number of aromatic nitrogens is 4. The molecule has 142 valence electrons. The minimum Gasteiger partial charge on any atom is -0.301 e. The second kappa shape index (κ2) is 7.16. The van der Waals surface area contributed by atoms with Crippen molar-refractivity contribution < 1.29 is 21.6 Å². The van der Waals surface area contributed by atoms with Crippen LogP contribution in [0.3, 0.4) is 0 Å². The molecule has 0 aliphatic carbocycles. The third kappa shape index (κ3) is 3.86. The fourth-order valence-corrected chi connectivity index (χ4v) is 4.77. The zero-order chi connectivity index (χ0) is 18.9. The maximum atomic E-state index is 12.7. The van der Waals surface area contributed by atoms with Crippen LogP contribution in [0, 0.1) is 0 Å². The maximum Gasteiger partial charge on any atom is 0.451 e. The molecule has 0 bridgehead atoms. The van der Waals surface area contributed by atoms with Crippen LogP contribution in [0.5, 0.6) is 0 Å². The highest BCUT2D eigenvalue weighted by atomic mass is 32.2. The van der Waals surface area contributed by atoms with Crippen molar-refractivity contribution in [1.29, 1.82) is 0 Å². The first kappa shape index (κ1) is 19.1. The van der Waals surface area contributed by atoms with Gasteiger partial charge in [0.25, 0.3) is 0 Å². The molecule has 2 aromatic heterocycles. The summed E-state index contributed by atoms with van der Waals surface area (Å²) in [6.45, 7) is 0.968. The Balaban J connectivity index is 1.77. The SMILES string of the molecule is Cn1c(Sc2ccc(S(=O)(=O)N3CCCCC3)cn2)nnc1C(F)(F)F. The van der Waals surface area contributed by atoms with Gasteiger partial charge in [0.15, 0.2) is 5.16 Å². The van der Waals surface area contributed by atoms with Gasteiger partial charge in [-0.25, -0.2) is 13.4 Å². The number of rotatable bonds is 4. The Labute approximate surface area is 152 Å². The van der Waals surface area contributed by atoms with Crippen molar-refractivity contribution in [2.24, 2.45) is 7.05 Å². The van der Waals surface area contributed by atoms with Crippen molar-refractivity contribution in [3.8, 4) is 0 Å². The Morgan fingerprint density at radius 2 is 1.81 bits per heavy atom. The lowest BCUT2D eigenvalue weighted by molar-refractivity contribution is -0.147. The number of sulfonamides is 1. The lowest BCUT2D eigenvalue weighted by Crippen LogP contribution is -2.35. The number of hydrogen-bond donors (Lipinski definition) is 0. The third-order valence-electron chi connectivity index (χ3n) is 3.95. The molecule has 0 spiro atoms. The summed E-state index contributed by atoms with van der Waals surface area (Å²) in [6.07, 6.45) is -0.715. The van der Waals surface area contributed by atoms with E-state index in [1.807, 2.05) is 0 Å². The summed E-state index contributed by atoms with van der Waals surface area (Å²) in [6, 6.07) is 2.85. The van der Waals surface area contributed by atoms with E-state index in [2.05, 4.69) is 15.2 Å². The van der Waals surface area contributed by atoms with Crippen LogP contribution < -0.4 is 0 Å². The van der Waals surface area contributed by atoms with E-state index in [-0.39, 0.29) is 10.1 Å². The second-order valence-electron chi connectivity index (χ2n) is 5.76. The monoisotopic (exact) mass is 407 g/mol. The van der Waals surface area contributed by atoms with Crippen molar-refractivity contribution in [2.75, 3.05) is 13.1 Å². The van der Waals surface area contributed by atoms with Crippen LogP contribution in [-0.4, -0.2) is 45.6 Å². The van der Waals surface area contributed by atoms with Crippen molar-refractivity contribution >= 4 is 21.8 Å². The smallest absolute Gasteiger partial charge is 0.301 e. The molecule has 0 saturated carbocycles. The summed E-state index contributed by atoms with van der Waals surface area (Å²) in [5, 5.41) is 6.99. The van der Waals surface area contributed by atoms with E-state index in [9.17, 15) is 21.6 Å². The summed E-state index contributed by atoms with van der Waals surface area (Å²) >= 11 is 0.876. The summed E-state index contributed by atoms with van der Waals surface area (Å²) in [7, 11) is -2.39. The highest BCUT2D eigenvalue weighted by Gasteiger charge is 2.37. The summed E-state index contributed by atoms with van der Waals surface area (Å²) in [5.74, 6) is -1.11. The maximum absolute atomic E-state index is 12.7. The molecule has 0 atom stereocenters. The molecule has 0 N–H and O–H groups in total. The van der Waals surface area contributed by atoms with Gasteiger partial charge in [0.05, 0.1) is 0 Å². The molecule has 3 rings (SSSR count). The summed E-state index contributed by atoms with van der Waals surface area (Å²) < 4.78 is 65.6. The third-order valence-corrected chi connectivity index (χ3v) is 6.82.